The maximum Gasteiger partial charge on any atom is 0.312 e. The standard InChI is InChI=1S/C24H42NO2/c1-2-3-4-5-6-7-8-9-10-11-12-13-14-18-23-27-24(26)19-22-25-20-16-15-17-21-25/h15-17,20-21H,2-14,18-19,22-23H2,1H3/q+1. The number of hydrogen-bond acceptors (Lipinski definition) is 2. The van der Waals surface area contributed by atoms with Crippen LogP contribution in [0.4, 0.5) is 0 Å². The molecule has 0 aliphatic heterocycles. The summed E-state index contributed by atoms with van der Waals surface area (Å²) in [4.78, 5) is 11.7. The first-order valence-electron chi connectivity index (χ1n) is 11.4. The van der Waals surface area contributed by atoms with E-state index in [9.17, 15) is 4.79 Å². The Kier molecular flexibility index (Phi) is 15.8. The van der Waals surface area contributed by atoms with Gasteiger partial charge >= 0.3 is 5.97 Å². The molecule has 0 saturated carbocycles. The average molecular weight is 377 g/mol. The minimum atomic E-state index is -0.0824. The van der Waals surface area contributed by atoms with Gasteiger partial charge in [0.1, 0.15) is 6.42 Å². The minimum Gasteiger partial charge on any atom is -0.465 e. The van der Waals surface area contributed by atoms with Crippen molar-refractivity contribution in [1.29, 1.82) is 0 Å². The van der Waals surface area contributed by atoms with Gasteiger partial charge in [0.15, 0.2) is 18.9 Å². The van der Waals surface area contributed by atoms with Crippen molar-refractivity contribution in [3.05, 3.63) is 30.6 Å². The lowest BCUT2D eigenvalue weighted by Gasteiger charge is -2.05. The number of aryl methyl sites for hydroxylation is 1. The van der Waals surface area contributed by atoms with Crippen molar-refractivity contribution in [2.45, 2.75) is 110 Å². The number of carbonyl (C=O) groups excluding carboxylic acids is 1. The molecule has 0 aromatic carbocycles. The molecule has 0 aliphatic carbocycles. The van der Waals surface area contributed by atoms with Crippen LogP contribution < -0.4 is 4.57 Å². The summed E-state index contributed by atoms with van der Waals surface area (Å²) >= 11 is 0. The van der Waals surface area contributed by atoms with E-state index in [2.05, 4.69) is 6.92 Å². The van der Waals surface area contributed by atoms with Crippen molar-refractivity contribution in [3.8, 4) is 0 Å². The lowest BCUT2D eigenvalue weighted by Crippen LogP contribution is -2.33. The molecule has 0 aliphatic rings. The third kappa shape index (κ3) is 15.4. The van der Waals surface area contributed by atoms with E-state index in [1.165, 1.54) is 83.5 Å². The topological polar surface area (TPSA) is 30.2 Å². The molecule has 1 rings (SSSR count). The van der Waals surface area contributed by atoms with E-state index in [1.807, 2.05) is 35.2 Å². The molecule has 1 heterocycles. The second-order valence-corrected chi connectivity index (χ2v) is 7.68. The van der Waals surface area contributed by atoms with Gasteiger partial charge in [-0.1, -0.05) is 96.5 Å². The van der Waals surface area contributed by atoms with Gasteiger partial charge in [-0.05, 0) is 6.42 Å². The van der Waals surface area contributed by atoms with Gasteiger partial charge in [-0.25, -0.2) is 4.57 Å². The number of pyridine rings is 1. The number of ether oxygens (including phenoxy) is 1. The van der Waals surface area contributed by atoms with Crippen molar-refractivity contribution >= 4 is 5.97 Å². The maximum atomic E-state index is 11.7. The fraction of sp³-hybridized carbons (Fsp3) is 0.750. The fourth-order valence-corrected chi connectivity index (χ4v) is 3.36. The number of rotatable bonds is 18. The van der Waals surface area contributed by atoms with Crippen LogP contribution in [0.2, 0.25) is 0 Å². The SMILES string of the molecule is CCCCCCCCCCCCCCCCOC(=O)CC[n+]1ccccc1. The normalized spacial score (nSPS) is 10.9. The molecule has 0 N–H and O–H groups in total. The Hall–Kier alpha value is -1.38. The highest BCUT2D eigenvalue weighted by Crippen LogP contribution is 2.12. The number of esters is 1. The van der Waals surface area contributed by atoms with Crippen molar-refractivity contribution in [1.82, 2.24) is 0 Å². The monoisotopic (exact) mass is 376 g/mol. The van der Waals surface area contributed by atoms with Crippen LogP contribution in [0, 0.1) is 0 Å². The first kappa shape index (κ1) is 23.7. The van der Waals surface area contributed by atoms with Crippen LogP contribution in [-0.2, 0) is 16.1 Å². The zero-order valence-corrected chi connectivity index (χ0v) is 17.7. The quantitative estimate of drug-likeness (QED) is 0.169. The van der Waals surface area contributed by atoms with E-state index in [0.717, 1.165) is 6.42 Å². The molecule has 0 atom stereocenters. The van der Waals surface area contributed by atoms with Gasteiger partial charge in [-0.15, -0.1) is 0 Å². The molecule has 154 valence electrons. The number of hydrogen-bond donors (Lipinski definition) is 0. The predicted molar refractivity (Wildman–Crippen MR) is 113 cm³/mol. The summed E-state index contributed by atoms with van der Waals surface area (Å²) < 4.78 is 7.33. The number of aromatic nitrogens is 1. The van der Waals surface area contributed by atoms with Crippen molar-refractivity contribution in [3.63, 3.8) is 0 Å². The molecule has 3 nitrogen and oxygen atoms in total. The van der Waals surface area contributed by atoms with E-state index in [4.69, 9.17) is 4.74 Å². The van der Waals surface area contributed by atoms with Crippen LogP contribution >= 0.6 is 0 Å². The molecule has 0 saturated heterocycles. The zero-order valence-electron chi connectivity index (χ0n) is 17.7. The van der Waals surface area contributed by atoms with Crippen LogP contribution in [-0.4, -0.2) is 12.6 Å². The summed E-state index contributed by atoms with van der Waals surface area (Å²) in [5, 5.41) is 0. The second kappa shape index (κ2) is 18.0. The Bertz CT molecular complexity index is 447. The van der Waals surface area contributed by atoms with Crippen molar-refractivity contribution in [2.75, 3.05) is 6.61 Å². The van der Waals surface area contributed by atoms with E-state index in [1.54, 1.807) is 0 Å². The summed E-state index contributed by atoms with van der Waals surface area (Å²) in [7, 11) is 0. The third-order valence-corrected chi connectivity index (χ3v) is 5.11. The fourth-order valence-electron chi connectivity index (χ4n) is 3.36. The van der Waals surface area contributed by atoms with Crippen LogP contribution in [0.1, 0.15) is 103 Å². The predicted octanol–water partition coefficient (Wildman–Crippen LogP) is 6.39. The molecular formula is C24H42NO2+. The van der Waals surface area contributed by atoms with E-state index in [-0.39, 0.29) is 5.97 Å². The van der Waals surface area contributed by atoms with Gasteiger partial charge in [0, 0.05) is 12.1 Å². The van der Waals surface area contributed by atoms with E-state index in [0.29, 0.717) is 19.6 Å². The van der Waals surface area contributed by atoms with Crippen LogP contribution in [0.15, 0.2) is 30.6 Å². The molecule has 1 aromatic rings. The Balaban J connectivity index is 1.77. The largest absolute Gasteiger partial charge is 0.465 e. The van der Waals surface area contributed by atoms with Gasteiger partial charge in [0.25, 0.3) is 0 Å². The lowest BCUT2D eigenvalue weighted by molar-refractivity contribution is -0.696. The van der Waals surface area contributed by atoms with Gasteiger partial charge in [-0.3, -0.25) is 4.79 Å². The zero-order chi connectivity index (χ0) is 19.4. The highest BCUT2D eigenvalue weighted by molar-refractivity contribution is 5.68. The van der Waals surface area contributed by atoms with E-state index < -0.39 is 0 Å². The van der Waals surface area contributed by atoms with Gasteiger partial charge in [0.2, 0.25) is 0 Å². The van der Waals surface area contributed by atoms with Gasteiger partial charge < -0.3 is 4.74 Å². The van der Waals surface area contributed by atoms with Crippen molar-refractivity contribution in [2.24, 2.45) is 0 Å². The molecule has 0 unspecified atom stereocenters. The van der Waals surface area contributed by atoms with Gasteiger partial charge in [0.05, 0.1) is 6.61 Å². The molecule has 0 amide bonds. The molecule has 3 heteroatoms. The summed E-state index contributed by atoms with van der Waals surface area (Å²) in [5.41, 5.74) is 0. The number of unbranched alkanes of at least 4 members (excludes halogenated alkanes) is 13. The molecule has 27 heavy (non-hydrogen) atoms. The Labute approximate surface area is 167 Å². The van der Waals surface area contributed by atoms with Crippen LogP contribution in [0.5, 0.6) is 0 Å². The maximum absolute atomic E-state index is 11.7. The minimum absolute atomic E-state index is 0.0824. The number of nitrogens with zero attached hydrogens (tertiary/aromatic N) is 1. The summed E-state index contributed by atoms with van der Waals surface area (Å²) in [6.07, 6.45) is 23.2. The second-order valence-electron chi connectivity index (χ2n) is 7.68. The Morgan fingerprint density at radius 2 is 1.19 bits per heavy atom. The van der Waals surface area contributed by atoms with Crippen molar-refractivity contribution < 1.29 is 14.1 Å². The lowest BCUT2D eigenvalue weighted by atomic mass is 10.0. The average Bonchev–Trinajstić information content (AvgIpc) is 2.70. The smallest absolute Gasteiger partial charge is 0.312 e. The Morgan fingerprint density at radius 3 is 1.70 bits per heavy atom. The summed E-state index contributed by atoms with van der Waals surface area (Å²) in [6.45, 7) is 3.55. The van der Waals surface area contributed by atoms with Crippen LogP contribution in [0.25, 0.3) is 0 Å². The molecule has 1 aromatic heterocycles. The summed E-state index contributed by atoms with van der Waals surface area (Å²) in [5.74, 6) is -0.0824. The Morgan fingerprint density at radius 1 is 0.704 bits per heavy atom. The van der Waals surface area contributed by atoms with Gasteiger partial charge in [-0.2, -0.15) is 0 Å². The highest BCUT2D eigenvalue weighted by atomic mass is 16.5. The molecule has 0 bridgehead atoms. The highest BCUT2D eigenvalue weighted by Gasteiger charge is 2.06. The van der Waals surface area contributed by atoms with Crippen LogP contribution in [0.3, 0.4) is 0 Å². The molecule has 0 fully saturated rings. The van der Waals surface area contributed by atoms with E-state index >= 15 is 0 Å². The first-order valence-corrected chi connectivity index (χ1v) is 11.4. The molecule has 0 radical (unpaired) electrons. The number of carbonyl (C=O) groups is 1. The first-order chi connectivity index (χ1) is 13.3. The molecular weight excluding hydrogens is 334 g/mol. The summed E-state index contributed by atoms with van der Waals surface area (Å²) in [6, 6.07) is 5.92. The molecule has 0 spiro atoms. The third-order valence-electron chi connectivity index (χ3n) is 5.11.